The van der Waals surface area contributed by atoms with Crippen LogP contribution in [0, 0.1) is 0 Å². The molecule has 156 valence electrons. The summed E-state index contributed by atoms with van der Waals surface area (Å²) in [4.78, 5) is 0. The van der Waals surface area contributed by atoms with Gasteiger partial charge in [-0.2, -0.15) is 0 Å². The number of ether oxygens (including phenoxy) is 3. The third kappa shape index (κ3) is 6.49. The Balaban J connectivity index is 1.61. The second-order valence-corrected chi connectivity index (χ2v) is 10.1. The molecule has 30 heavy (non-hydrogen) atoms. The summed E-state index contributed by atoms with van der Waals surface area (Å²) in [5, 5.41) is 0. The first kappa shape index (κ1) is 22.2. The summed E-state index contributed by atoms with van der Waals surface area (Å²) in [6.07, 6.45) is 0. The standard InChI is InChI=1S/C24H21Br3O3/c25-22-4-16-1-17(5-22)11-29-13-19-3-21(9-24(27)7-19)15-30-14-20-2-18(12-28-10-16)6-23(26)8-20/h1-9H,10-15H2. The zero-order chi connectivity index (χ0) is 20.9. The summed E-state index contributed by atoms with van der Waals surface area (Å²) in [6, 6.07) is 18.9. The molecule has 0 saturated heterocycles. The lowest BCUT2D eigenvalue weighted by molar-refractivity contribution is 0.0992. The van der Waals surface area contributed by atoms with Crippen molar-refractivity contribution in [2.24, 2.45) is 0 Å². The van der Waals surface area contributed by atoms with Crippen LogP contribution in [0.25, 0.3) is 0 Å². The highest BCUT2D eigenvalue weighted by Gasteiger charge is 2.07. The van der Waals surface area contributed by atoms with Gasteiger partial charge >= 0.3 is 0 Å². The second kappa shape index (κ2) is 10.5. The molecule has 0 aliphatic carbocycles. The topological polar surface area (TPSA) is 27.7 Å². The number of halogens is 3. The predicted octanol–water partition coefficient (Wildman–Crippen LogP) is 7.44. The summed E-state index contributed by atoms with van der Waals surface area (Å²) in [5.41, 5.74) is 6.71. The molecule has 3 aromatic carbocycles. The molecular weight excluding hydrogens is 576 g/mol. The molecule has 4 rings (SSSR count). The van der Waals surface area contributed by atoms with Crippen molar-refractivity contribution in [3.63, 3.8) is 0 Å². The molecule has 6 bridgehead atoms. The SMILES string of the molecule is Brc1cc2cc(c1)COCc1cc(Br)cc(c1)COCc1cc(Br)cc(c1)COC2. The molecule has 0 amide bonds. The fourth-order valence-corrected chi connectivity index (χ4v) is 5.28. The van der Waals surface area contributed by atoms with Gasteiger partial charge in [0.25, 0.3) is 0 Å². The van der Waals surface area contributed by atoms with E-state index in [4.69, 9.17) is 14.2 Å². The van der Waals surface area contributed by atoms with E-state index < -0.39 is 0 Å². The highest BCUT2D eigenvalue weighted by molar-refractivity contribution is 9.11. The molecule has 0 fully saturated rings. The van der Waals surface area contributed by atoms with Crippen LogP contribution in [0.3, 0.4) is 0 Å². The van der Waals surface area contributed by atoms with Gasteiger partial charge in [-0.1, -0.05) is 66.0 Å². The van der Waals surface area contributed by atoms with Gasteiger partial charge in [0.15, 0.2) is 0 Å². The molecule has 0 aromatic heterocycles. The molecule has 1 aliphatic rings. The lowest BCUT2D eigenvalue weighted by atomic mass is 10.1. The fourth-order valence-electron chi connectivity index (χ4n) is 3.51. The molecule has 0 unspecified atom stereocenters. The zero-order valence-corrected chi connectivity index (χ0v) is 21.1. The normalized spacial score (nSPS) is 15.3. The average Bonchev–Trinajstić information content (AvgIpc) is 2.66. The zero-order valence-electron chi connectivity index (χ0n) is 16.3. The minimum atomic E-state index is 0.541. The van der Waals surface area contributed by atoms with E-state index in [1.165, 1.54) is 0 Å². The van der Waals surface area contributed by atoms with Crippen molar-refractivity contribution in [1.29, 1.82) is 0 Å². The first-order valence-electron chi connectivity index (χ1n) is 9.62. The van der Waals surface area contributed by atoms with Gasteiger partial charge in [0.05, 0.1) is 39.6 Å². The van der Waals surface area contributed by atoms with Crippen LogP contribution in [0.1, 0.15) is 33.4 Å². The Morgan fingerprint density at radius 1 is 0.367 bits per heavy atom. The molecule has 0 N–H and O–H groups in total. The number of benzene rings is 3. The van der Waals surface area contributed by atoms with E-state index in [1.54, 1.807) is 0 Å². The summed E-state index contributed by atoms with van der Waals surface area (Å²) in [7, 11) is 0. The fraction of sp³-hybridized carbons (Fsp3) is 0.250. The number of rotatable bonds is 0. The molecule has 3 nitrogen and oxygen atoms in total. The van der Waals surface area contributed by atoms with Crippen LogP contribution in [0.15, 0.2) is 68.0 Å². The third-order valence-corrected chi connectivity index (χ3v) is 6.04. The van der Waals surface area contributed by atoms with Crippen LogP contribution in [0.4, 0.5) is 0 Å². The van der Waals surface area contributed by atoms with Gasteiger partial charge < -0.3 is 14.2 Å². The first-order valence-corrected chi connectivity index (χ1v) is 12.0. The Labute approximate surface area is 202 Å². The average molecular weight is 597 g/mol. The maximum Gasteiger partial charge on any atom is 0.0721 e. The Morgan fingerprint density at radius 2 is 0.567 bits per heavy atom. The Kier molecular flexibility index (Phi) is 7.79. The maximum absolute atomic E-state index is 5.98. The maximum atomic E-state index is 5.98. The van der Waals surface area contributed by atoms with Crippen LogP contribution < -0.4 is 0 Å². The van der Waals surface area contributed by atoms with E-state index in [9.17, 15) is 0 Å². The van der Waals surface area contributed by atoms with Crippen molar-refractivity contribution in [3.8, 4) is 0 Å². The number of fused-ring (bicyclic) bond motifs is 6. The van der Waals surface area contributed by atoms with Gasteiger partial charge in [-0.05, 0) is 69.8 Å². The first-order chi connectivity index (χ1) is 14.5. The number of hydrogen-bond acceptors (Lipinski definition) is 3. The van der Waals surface area contributed by atoms with Crippen molar-refractivity contribution in [1.82, 2.24) is 0 Å². The Bertz CT molecular complexity index is 838. The van der Waals surface area contributed by atoms with E-state index in [-0.39, 0.29) is 0 Å². The van der Waals surface area contributed by atoms with E-state index in [2.05, 4.69) is 102 Å². The lowest BCUT2D eigenvalue weighted by Crippen LogP contribution is -2.01. The van der Waals surface area contributed by atoms with Gasteiger partial charge in [0.1, 0.15) is 0 Å². The van der Waals surface area contributed by atoms with E-state index in [0.29, 0.717) is 39.6 Å². The van der Waals surface area contributed by atoms with Crippen molar-refractivity contribution >= 4 is 47.8 Å². The molecule has 0 radical (unpaired) electrons. The summed E-state index contributed by atoms with van der Waals surface area (Å²) in [6.45, 7) is 3.25. The van der Waals surface area contributed by atoms with Crippen LogP contribution in [-0.2, 0) is 53.9 Å². The van der Waals surface area contributed by atoms with Gasteiger partial charge in [-0.3, -0.25) is 0 Å². The van der Waals surface area contributed by atoms with Crippen LogP contribution >= 0.6 is 47.8 Å². The van der Waals surface area contributed by atoms with Crippen molar-refractivity contribution in [2.45, 2.75) is 39.6 Å². The molecule has 1 aliphatic heterocycles. The largest absolute Gasteiger partial charge is 0.372 e. The Hall–Kier alpha value is -1.02. The molecule has 6 heteroatoms. The molecular formula is C24H21Br3O3. The molecule has 3 aromatic rings. The van der Waals surface area contributed by atoms with Crippen LogP contribution in [0.5, 0.6) is 0 Å². The second-order valence-electron chi connectivity index (χ2n) is 7.38. The summed E-state index contributed by atoms with van der Waals surface area (Å²) < 4.78 is 21.0. The van der Waals surface area contributed by atoms with Gasteiger partial charge in [0, 0.05) is 13.4 Å². The predicted molar refractivity (Wildman–Crippen MR) is 128 cm³/mol. The smallest absolute Gasteiger partial charge is 0.0721 e. The molecule has 1 heterocycles. The highest BCUT2D eigenvalue weighted by Crippen LogP contribution is 2.22. The summed E-state index contributed by atoms with van der Waals surface area (Å²) >= 11 is 10.8. The van der Waals surface area contributed by atoms with Gasteiger partial charge in [-0.25, -0.2) is 0 Å². The highest BCUT2D eigenvalue weighted by atomic mass is 79.9. The van der Waals surface area contributed by atoms with Gasteiger partial charge in [0.2, 0.25) is 0 Å². The van der Waals surface area contributed by atoms with E-state index in [0.717, 1.165) is 46.8 Å². The van der Waals surface area contributed by atoms with E-state index in [1.807, 2.05) is 0 Å². The van der Waals surface area contributed by atoms with E-state index >= 15 is 0 Å². The van der Waals surface area contributed by atoms with Gasteiger partial charge in [-0.15, -0.1) is 0 Å². The minimum Gasteiger partial charge on any atom is -0.372 e. The Morgan fingerprint density at radius 3 is 0.767 bits per heavy atom. The lowest BCUT2D eigenvalue weighted by Gasteiger charge is -2.13. The van der Waals surface area contributed by atoms with Crippen LogP contribution in [-0.4, -0.2) is 0 Å². The van der Waals surface area contributed by atoms with Crippen LogP contribution in [0.2, 0.25) is 0 Å². The third-order valence-electron chi connectivity index (χ3n) is 4.66. The molecule has 0 saturated carbocycles. The number of hydrogen-bond donors (Lipinski definition) is 0. The molecule has 0 atom stereocenters. The van der Waals surface area contributed by atoms with Crippen molar-refractivity contribution < 1.29 is 14.2 Å². The summed E-state index contributed by atoms with van der Waals surface area (Å²) in [5.74, 6) is 0. The van der Waals surface area contributed by atoms with Crippen molar-refractivity contribution in [2.75, 3.05) is 0 Å². The minimum absolute atomic E-state index is 0.541. The molecule has 0 spiro atoms. The quantitative estimate of drug-likeness (QED) is 0.270. The van der Waals surface area contributed by atoms with Crippen molar-refractivity contribution in [3.05, 3.63) is 101 Å². The monoisotopic (exact) mass is 594 g/mol.